The van der Waals surface area contributed by atoms with Crippen LogP contribution in [0.5, 0.6) is 0 Å². The molecule has 1 saturated carbocycles. The van der Waals surface area contributed by atoms with Gasteiger partial charge < -0.3 is 10.6 Å². The number of benzene rings is 1. The van der Waals surface area contributed by atoms with Gasteiger partial charge in [-0.15, -0.1) is 0 Å². The maximum atomic E-state index is 12.8. The summed E-state index contributed by atoms with van der Waals surface area (Å²) in [4.78, 5) is 38.7. The van der Waals surface area contributed by atoms with Gasteiger partial charge in [-0.3, -0.25) is 14.5 Å². The summed E-state index contributed by atoms with van der Waals surface area (Å²) in [6.45, 7) is 7.77. The highest BCUT2D eigenvalue weighted by Gasteiger charge is 2.52. The fourth-order valence-electron chi connectivity index (χ4n) is 4.11. The molecule has 3 rings (SSSR count). The molecule has 1 spiro atoms. The van der Waals surface area contributed by atoms with Gasteiger partial charge in [0, 0.05) is 5.69 Å². The van der Waals surface area contributed by atoms with E-state index in [1.165, 1.54) is 0 Å². The summed E-state index contributed by atoms with van der Waals surface area (Å²) < 4.78 is 0. The maximum Gasteiger partial charge on any atom is 0.325 e. The number of carbonyl (C=O) groups is 3. The van der Waals surface area contributed by atoms with Crippen LogP contribution in [0.3, 0.4) is 0 Å². The zero-order valence-corrected chi connectivity index (χ0v) is 15.9. The molecule has 1 heterocycles. The van der Waals surface area contributed by atoms with Crippen LogP contribution in [0.2, 0.25) is 0 Å². The van der Waals surface area contributed by atoms with Gasteiger partial charge >= 0.3 is 6.03 Å². The summed E-state index contributed by atoms with van der Waals surface area (Å²) >= 11 is 0. The summed E-state index contributed by atoms with van der Waals surface area (Å²) in [7, 11) is 0. The number of aryl methyl sites for hydroxylation is 3. The van der Waals surface area contributed by atoms with Crippen LogP contribution in [-0.4, -0.2) is 34.8 Å². The number of imide groups is 1. The van der Waals surface area contributed by atoms with E-state index in [2.05, 4.69) is 17.6 Å². The summed E-state index contributed by atoms with van der Waals surface area (Å²) in [5, 5.41) is 5.71. The Morgan fingerprint density at radius 2 is 1.77 bits per heavy atom. The number of hydrogen-bond donors (Lipinski definition) is 2. The molecule has 2 aliphatic rings. The monoisotopic (exact) mass is 357 g/mol. The van der Waals surface area contributed by atoms with Crippen molar-refractivity contribution in [3.63, 3.8) is 0 Å². The molecule has 26 heavy (non-hydrogen) atoms. The Bertz CT molecular complexity index is 741. The van der Waals surface area contributed by atoms with Gasteiger partial charge in [-0.2, -0.15) is 0 Å². The van der Waals surface area contributed by atoms with Crippen LogP contribution in [0.4, 0.5) is 10.5 Å². The van der Waals surface area contributed by atoms with Gasteiger partial charge in [-0.25, -0.2) is 4.79 Å². The Labute approximate surface area is 154 Å². The first-order valence-corrected chi connectivity index (χ1v) is 9.24. The molecule has 1 aromatic rings. The SMILES string of the molecule is Cc1cc(C)c(NC(=O)CN2C(=O)NC3(CCC(C)CC3)C2=O)c(C)c1. The smallest absolute Gasteiger partial charge is 0.324 e. The molecule has 1 aliphatic carbocycles. The second-order valence-electron chi connectivity index (χ2n) is 7.91. The number of anilines is 1. The van der Waals surface area contributed by atoms with Crippen molar-refractivity contribution in [1.82, 2.24) is 10.2 Å². The number of carbonyl (C=O) groups excluding carboxylic acids is 3. The first kappa shape index (κ1) is 18.4. The lowest BCUT2D eigenvalue weighted by Crippen LogP contribution is -2.49. The molecule has 1 aromatic carbocycles. The zero-order chi connectivity index (χ0) is 19.1. The highest BCUT2D eigenvalue weighted by Crippen LogP contribution is 2.36. The van der Waals surface area contributed by atoms with E-state index in [4.69, 9.17) is 0 Å². The second kappa shape index (κ2) is 6.74. The fourth-order valence-corrected chi connectivity index (χ4v) is 4.11. The molecule has 1 aliphatic heterocycles. The Kier molecular flexibility index (Phi) is 4.78. The molecule has 140 valence electrons. The minimum Gasteiger partial charge on any atom is -0.324 e. The number of nitrogens with one attached hydrogen (secondary N) is 2. The third-order valence-electron chi connectivity index (χ3n) is 5.62. The molecule has 0 atom stereocenters. The molecule has 0 aromatic heterocycles. The lowest BCUT2D eigenvalue weighted by molar-refractivity contribution is -0.135. The molecular weight excluding hydrogens is 330 g/mol. The third-order valence-corrected chi connectivity index (χ3v) is 5.62. The van der Waals surface area contributed by atoms with Gasteiger partial charge in [0.05, 0.1) is 0 Å². The van der Waals surface area contributed by atoms with Crippen molar-refractivity contribution >= 4 is 23.5 Å². The first-order chi connectivity index (χ1) is 12.2. The molecule has 2 N–H and O–H groups in total. The largest absolute Gasteiger partial charge is 0.325 e. The van der Waals surface area contributed by atoms with Crippen molar-refractivity contribution in [1.29, 1.82) is 0 Å². The van der Waals surface area contributed by atoms with Gasteiger partial charge in [-0.05, 0) is 63.5 Å². The number of rotatable bonds is 3. The topological polar surface area (TPSA) is 78.5 Å². The Balaban J connectivity index is 1.70. The van der Waals surface area contributed by atoms with Crippen LogP contribution in [0.15, 0.2) is 12.1 Å². The van der Waals surface area contributed by atoms with Crippen LogP contribution in [0, 0.1) is 26.7 Å². The van der Waals surface area contributed by atoms with E-state index in [0.29, 0.717) is 18.8 Å². The van der Waals surface area contributed by atoms with Gasteiger partial charge in [-0.1, -0.05) is 24.6 Å². The second-order valence-corrected chi connectivity index (χ2v) is 7.91. The predicted octanol–water partition coefficient (Wildman–Crippen LogP) is 3.05. The number of hydrogen-bond acceptors (Lipinski definition) is 3. The van der Waals surface area contributed by atoms with E-state index in [9.17, 15) is 14.4 Å². The van der Waals surface area contributed by atoms with E-state index in [1.54, 1.807) is 0 Å². The number of urea groups is 1. The van der Waals surface area contributed by atoms with Crippen LogP contribution < -0.4 is 10.6 Å². The summed E-state index contributed by atoms with van der Waals surface area (Å²) in [5.41, 5.74) is 2.99. The quantitative estimate of drug-likeness (QED) is 0.816. The van der Waals surface area contributed by atoms with Gasteiger partial charge in [0.2, 0.25) is 5.91 Å². The number of amides is 4. The molecule has 6 nitrogen and oxygen atoms in total. The molecule has 2 fully saturated rings. The molecule has 6 heteroatoms. The van der Waals surface area contributed by atoms with Crippen molar-refractivity contribution < 1.29 is 14.4 Å². The molecule has 1 saturated heterocycles. The van der Waals surface area contributed by atoms with E-state index < -0.39 is 11.6 Å². The maximum absolute atomic E-state index is 12.8. The molecular formula is C20H27N3O3. The van der Waals surface area contributed by atoms with Crippen LogP contribution in [-0.2, 0) is 9.59 Å². The normalized spacial score (nSPS) is 25.5. The third kappa shape index (κ3) is 3.32. The van der Waals surface area contributed by atoms with Crippen LogP contribution in [0.1, 0.15) is 49.3 Å². The minimum atomic E-state index is -0.806. The first-order valence-electron chi connectivity index (χ1n) is 9.24. The highest BCUT2D eigenvalue weighted by molar-refractivity contribution is 6.10. The Morgan fingerprint density at radius 3 is 2.35 bits per heavy atom. The van der Waals surface area contributed by atoms with Crippen molar-refractivity contribution in [3.05, 3.63) is 28.8 Å². The fraction of sp³-hybridized carbons (Fsp3) is 0.550. The average molecular weight is 357 g/mol. The molecule has 4 amide bonds. The van der Waals surface area contributed by atoms with E-state index in [-0.39, 0.29) is 18.4 Å². The van der Waals surface area contributed by atoms with Crippen LogP contribution >= 0.6 is 0 Å². The minimum absolute atomic E-state index is 0.255. The molecule has 0 radical (unpaired) electrons. The Morgan fingerprint density at radius 1 is 1.19 bits per heavy atom. The molecule has 0 unspecified atom stereocenters. The summed E-state index contributed by atoms with van der Waals surface area (Å²) in [6.07, 6.45) is 3.11. The zero-order valence-electron chi connectivity index (χ0n) is 15.9. The lowest BCUT2D eigenvalue weighted by Gasteiger charge is -2.33. The van der Waals surface area contributed by atoms with Gasteiger partial charge in [0.1, 0.15) is 12.1 Å². The Hall–Kier alpha value is -2.37. The molecule has 0 bridgehead atoms. The van der Waals surface area contributed by atoms with E-state index in [1.807, 2.05) is 32.9 Å². The van der Waals surface area contributed by atoms with Crippen molar-refractivity contribution in [2.75, 3.05) is 11.9 Å². The highest BCUT2D eigenvalue weighted by atomic mass is 16.2. The number of nitrogens with zero attached hydrogens (tertiary/aromatic N) is 1. The van der Waals surface area contributed by atoms with Crippen molar-refractivity contribution in [2.45, 2.75) is 58.9 Å². The summed E-state index contributed by atoms with van der Waals surface area (Å²) in [6, 6.07) is 3.53. The average Bonchev–Trinajstić information content (AvgIpc) is 2.78. The van der Waals surface area contributed by atoms with Crippen LogP contribution in [0.25, 0.3) is 0 Å². The van der Waals surface area contributed by atoms with Gasteiger partial charge in [0.25, 0.3) is 5.91 Å². The summed E-state index contributed by atoms with van der Waals surface area (Å²) in [5.74, 6) is -0.0538. The van der Waals surface area contributed by atoms with Crippen molar-refractivity contribution in [3.8, 4) is 0 Å². The van der Waals surface area contributed by atoms with Crippen molar-refractivity contribution in [2.24, 2.45) is 5.92 Å². The van der Waals surface area contributed by atoms with E-state index in [0.717, 1.165) is 40.1 Å². The predicted molar refractivity (Wildman–Crippen MR) is 99.9 cm³/mol. The van der Waals surface area contributed by atoms with Gasteiger partial charge in [0.15, 0.2) is 0 Å². The van der Waals surface area contributed by atoms with E-state index >= 15 is 0 Å². The lowest BCUT2D eigenvalue weighted by atomic mass is 9.77. The standard InChI is InChI=1S/C20H27N3O3/c1-12-5-7-20(8-6-12)18(25)23(19(26)22-20)11-16(24)21-17-14(3)9-13(2)10-15(17)4/h9-10,12H,5-8,11H2,1-4H3,(H,21,24)(H,22,26).